The molecular weight excluding hydrogens is 568 g/mol. The molecule has 0 bridgehead atoms. The number of aromatic nitrogens is 5. The highest BCUT2D eigenvalue weighted by molar-refractivity contribution is 6.31. The molecule has 10 nitrogen and oxygen atoms in total. The molecule has 0 saturated carbocycles. The minimum Gasteiger partial charge on any atom is -0.495 e. The van der Waals surface area contributed by atoms with Gasteiger partial charge in [-0.25, -0.2) is 18.4 Å². The summed E-state index contributed by atoms with van der Waals surface area (Å²) >= 11 is 6.26. The SMILES string of the molecule is CCC(C(=O)Nc1ccc2nc(C#N)ccc2c1)n1cc(OC)c(-c2cc(Cl)ccc2-n2cc(C(F)F)nn2)cc1=O. The number of nitriles is 1. The molecule has 0 fully saturated rings. The number of methoxy groups -OCH3 is 1. The van der Waals surface area contributed by atoms with Gasteiger partial charge >= 0.3 is 0 Å². The van der Waals surface area contributed by atoms with E-state index in [2.05, 4.69) is 20.6 Å². The first-order valence-electron chi connectivity index (χ1n) is 12.6. The van der Waals surface area contributed by atoms with Crippen LogP contribution in [0.5, 0.6) is 5.75 Å². The van der Waals surface area contributed by atoms with E-state index in [0.29, 0.717) is 33.0 Å². The van der Waals surface area contributed by atoms with Crippen molar-refractivity contribution in [3.8, 4) is 28.6 Å². The minimum atomic E-state index is -2.81. The van der Waals surface area contributed by atoms with Gasteiger partial charge in [-0.15, -0.1) is 5.10 Å². The van der Waals surface area contributed by atoms with Crippen molar-refractivity contribution in [1.29, 1.82) is 5.26 Å². The Labute approximate surface area is 242 Å². The number of carbonyl (C=O) groups is 1. The third kappa shape index (κ3) is 5.55. The molecule has 5 rings (SSSR count). The molecule has 0 radical (unpaired) electrons. The second-order valence-electron chi connectivity index (χ2n) is 9.18. The maximum absolute atomic E-state index is 13.4. The van der Waals surface area contributed by atoms with Gasteiger partial charge in [0.15, 0.2) is 0 Å². The average Bonchev–Trinajstić information content (AvgIpc) is 3.48. The maximum atomic E-state index is 13.4. The van der Waals surface area contributed by atoms with E-state index in [0.717, 1.165) is 11.6 Å². The second-order valence-corrected chi connectivity index (χ2v) is 9.62. The van der Waals surface area contributed by atoms with Crippen LogP contribution in [0.2, 0.25) is 5.02 Å². The van der Waals surface area contributed by atoms with Crippen molar-refractivity contribution in [2.45, 2.75) is 25.8 Å². The summed E-state index contributed by atoms with van der Waals surface area (Å²) in [4.78, 5) is 31.0. The highest BCUT2D eigenvalue weighted by Gasteiger charge is 2.24. The number of fused-ring (bicyclic) bond motifs is 1. The fourth-order valence-corrected chi connectivity index (χ4v) is 4.74. The van der Waals surface area contributed by atoms with Gasteiger partial charge in [0.05, 0.1) is 30.7 Å². The van der Waals surface area contributed by atoms with Gasteiger partial charge in [0.2, 0.25) is 5.91 Å². The van der Waals surface area contributed by atoms with Crippen LogP contribution in [0.3, 0.4) is 0 Å². The van der Waals surface area contributed by atoms with E-state index < -0.39 is 29.6 Å². The molecule has 3 heterocycles. The summed E-state index contributed by atoms with van der Waals surface area (Å²) in [5, 5.41) is 20.3. The zero-order valence-corrected chi connectivity index (χ0v) is 23.0. The highest BCUT2D eigenvalue weighted by atomic mass is 35.5. The lowest BCUT2D eigenvalue weighted by atomic mass is 10.0. The van der Waals surface area contributed by atoms with Crippen LogP contribution in [0.4, 0.5) is 14.5 Å². The molecule has 1 atom stereocenters. The van der Waals surface area contributed by atoms with Crippen molar-refractivity contribution in [2.24, 2.45) is 0 Å². The number of alkyl halides is 2. The molecule has 3 aromatic heterocycles. The molecule has 2 aromatic carbocycles. The molecule has 0 spiro atoms. The Morgan fingerprint density at radius 2 is 1.93 bits per heavy atom. The van der Waals surface area contributed by atoms with Crippen molar-refractivity contribution in [3.63, 3.8) is 0 Å². The van der Waals surface area contributed by atoms with E-state index in [4.69, 9.17) is 21.6 Å². The summed E-state index contributed by atoms with van der Waals surface area (Å²) in [6.45, 7) is 1.77. The number of anilines is 1. The van der Waals surface area contributed by atoms with Gasteiger partial charge in [-0.2, -0.15) is 5.26 Å². The standard InChI is InChI=1S/C29H22ClF2N7O3/c1-3-24(29(41)35-18-7-8-22-16(10-18)4-6-19(13-33)34-22)38-15-26(42-2)21(12-27(38)40)20-11-17(30)5-9-25(20)39-14-23(28(31)32)36-37-39/h4-12,14-15,24,28H,3H2,1-2H3,(H,35,41). The Morgan fingerprint density at radius 3 is 2.62 bits per heavy atom. The molecule has 1 amide bonds. The second kappa shape index (κ2) is 11.8. The quantitative estimate of drug-likeness (QED) is 0.246. The van der Waals surface area contributed by atoms with Crippen molar-refractivity contribution >= 4 is 34.1 Å². The Hall–Kier alpha value is -5.15. The summed E-state index contributed by atoms with van der Waals surface area (Å²) in [5.74, 6) is -0.190. The number of nitrogens with zero attached hydrogens (tertiary/aromatic N) is 6. The number of pyridine rings is 2. The average molecular weight is 590 g/mol. The number of hydrogen-bond donors (Lipinski definition) is 1. The van der Waals surface area contributed by atoms with Crippen LogP contribution < -0.4 is 15.6 Å². The third-order valence-electron chi connectivity index (χ3n) is 6.59. The largest absolute Gasteiger partial charge is 0.495 e. The molecule has 5 aromatic rings. The molecule has 0 aliphatic rings. The molecule has 1 N–H and O–H groups in total. The van der Waals surface area contributed by atoms with Crippen LogP contribution >= 0.6 is 11.6 Å². The van der Waals surface area contributed by atoms with E-state index in [-0.39, 0.29) is 17.9 Å². The maximum Gasteiger partial charge on any atom is 0.283 e. The van der Waals surface area contributed by atoms with Crippen LogP contribution in [-0.2, 0) is 4.79 Å². The fraction of sp³-hybridized carbons (Fsp3) is 0.172. The molecular formula is C29H22ClF2N7O3. The van der Waals surface area contributed by atoms with Crippen LogP contribution in [0.25, 0.3) is 27.7 Å². The van der Waals surface area contributed by atoms with E-state index in [1.54, 1.807) is 55.5 Å². The van der Waals surface area contributed by atoms with Crippen molar-refractivity contribution in [2.75, 3.05) is 12.4 Å². The Kier molecular flexibility index (Phi) is 7.95. The smallest absolute Gasteiger partial charge is 0.283 e. The normalized spacial score (nSPS) is 11.8. The number of benzene rings is 2. The number of hydrogen-bond acceptors (Lipinski definition) is 7. The van der Waals surface area contributed by atoms with Crippen molar-refractivity contribution in [1.82, 2.24) is 24.5 Å². The summed E-state index contributed by atoms with van der Waals surface area (Å²) in [6, 6.07) is 15.5. The monoisotopic (exact) mass is 589 g/mol. The Bertz CT molecular complexity index is 1920. The molecule has 42 heavy (non-hydrogen) atoms. The first-order valence-corrected chi connectivity index (χ1v) is 13.0. The van der Waals surface area contributed by atoms with Gasteiger partial charge in [-0.1, -0.05) is 23.7 Å². The van der Waals surface area contributed by atoms with E-state index in [9.17, 15) is 18.4 Å². The van der Waals surface area contributed by atoms with E-state index in [1.165, 1.54) is 28.6 Å². The van der Waals surface area contributed by atoms with Crippen LogP contribution in [0.1, 0.15) is 37.2 Å². The lowest BCUT2D eigenvalue weighted by Crippen LogP contribution is -2.32. The van der Waals surface area contributed by atoms with Gasteiger partial charge in [-0.3, -0.25) is 14.2 Å². The summed E-state index contributed by atoms with van der Waals surface area (Å²) in [6.07, 6.45) is -0.0104. The predicted octanol–water partition coefficient (Wildman–Crippen LogP) is 5.71. The van der Waals surface area contributed by atoms with E-state index >= 15 is 0 Å². The topological polar surface area (TPSA) is 128 Å². The molecule has 0 aliphatic heterocycles. The summed E-state index contributed by atoms with van der Waals surface area (Å²) < 4.78 is 34.4. The minimum absolute atomic E-state index is 0.239. The number of carbonyl (C=O) groups excluding carboxylic acids is 1. The lowest BCUT2D eigenvalue weighted by molar-refractivity contribution is -0.119. The molecule has 13 heteroatoms. The van der Waals surface area contributed by atoms with Crippen molar-refractivity contribution in [3.05, 3.63) is 93.8 Å². The number of halogens is 3. The number of ether oxygens (including phenoxy) is 1. The zero-order valence-electron chi connectivity index (χ0n) is 22.3. The van der Waals surface area contributed by atoms with E-state index in [1.807, 2.05) is 6.07 Å². The Balaban J connectivity index is 1.50. The number of nitrogens with one attached hydrogen (secondary N) is 1. The van der Waals surface area contributed by atoms with Crippen molar-refractivity contribution < 1.29 is 18.3 Å². The third-order valence-corrected chi connectivity index (χ3v) is 6.83. The summed E-state index contributed by atoms with van der Waals surface area (Å²) in [7, 11) is 1.41. The highest BCUT2D eigenvalue weighted by Crippen LogP contribution is 2.36. The zero-order chi connectivity index (χ0) is 30.0. The molecule has 1 unspecified atom stereocenters. The lowest BCUT2D eigenvalue weighted by Gasteiger charge is -2.21. The van der Waals surface area contributed by atoms with Gasteiger partial charge in [0.1, 0.15) is 29.2 Å². The molecule has 0 saturated heterocycles. The molecule has 0 aliphatic carbocycles. The first kappa shape index (κ1) is 28.4. The van der Waals surface area contributed by atoms with Gasteiger partial charge < -0.3 is 10.1 Å². The van der Waals surface area contributed by atoms with Crippen LogP contribution in [-0.4, -0.2) is 37.6 Å². The summed E-state index contributed by atoms with van der Waals surface area (Å²) in [5.41, 5.74) is 1.41. The Morgan fingerprint density at radius 1 is 1.12 bits per heavy atom. The van der Waals surface area contributed by atoms with Gasteiger partial charge in [-0.05, 0) is 55.0 Å². The fourth-order valence-electron chi connectivity index (χ4n) is 4.56. The first-order chi connectivity index (χ1) is 20.2. The predicted molar refractivity (Wildman–Crippen MR) is 152 cm³/mol. The molecule has 212 valence electrons. The van der Waals surface area contributed by atoms with Gasteiger partial charge in [0.25, 0.3) is 12.0 Å². The van der Waals surface area contributed by atoms with Crippen LogP contribution in [0.15, 0.2) is 71.8 Å². The van der Waals surface area contributed by atoms with Gasteiger partial charge in [0, 0.05) is 33.3 Å². The van der Waals surface area contributed by atoms with Crippen LogP contribution in [0, 0.1) is 11.3 Å². The number of amides is 1. The number of rotatable bonds is 8.